The van der Waals surface area contributed by atoms with E-state index in [-0.39, 0.29) is 10.8 Å². The van der Waals surface area contributed by atoms with Crippen molar-refractivity contribution < 1.29 is 4.42 Å². The molecule has 12 rings (SSSR count). The molecule has 0 fully saturated rings. The molecule has 0 aliphatic heterocycles. The monoisotopic (exact) mass is 824 g/mol. The second kappa shape index (κ2) is 14.2. The normalized spacial score (nSPS) is 13.2. The SMILES string of the molecule is CC(C)(C)c1ccc2c(c1)C(C)(C)c1cccc(-c3ccccc3N(c3ccc(-c4cccc5c4oc4ccccc45)cc3)c3ccc(-n4c5ccccc5c5ccccc54)cc3)c1-2. The van der Waals surface area contributed by atoms with Crippen molar-refractivity contribution in [2.24, 2.45) is 0 Å². The highest BCUT2D eigenvalue weighted by Crippen LogP contribution is 2.54. The van der Waals surface area contributed by atoms with Gasteiger partial charge in [0.1, 0.15) is 11.2 Å². The topological polar surface area (TPSA) is 21.3 Å². The molecule has 2 heterocycles. The average molecular weight is 825 g/mol. The molecule has 0 spiro atoms. The Morgan fingerprint density at radius 1 is 0.469 bits per heavy atom. The van der Waals surface area contributed by atoms with Crippen molar-refractivity contribution in [3.8, 4) is 39.1 Å². The average Bonchev–Trinajstić information content (AvgIpc) is 3.95. The van der Waals surface area contributed by atoms with Gasteiger partial charge < -0.3 is 13.9 Å². The van der Waals surface area contributed by atoms with Gasteiger partial charge >= 0.3 is 0 Å². The molecule has 0 N–H and O–H groups in total. The quantitative estimate of drug-likeness (QED) is 0.167. The zero-order chi connectivity index (χ0) is 43.3. The number of para-hydroxylation sites is 5. The Morgan fingerprint density at radius 3 is 1.77 bits per heavy atom. The van der Waals surface area contributed by atoms with E-state index < -0.39 is 0 Å². The number of hydrogen-bond donors (Lipinski definition) is 0. The number of rotatable bonds is 6. The maximum atomic E-state index is 6.50. The van der Waals surface area contributed by atoms with E-state index in [9.17, 15) is 0 Å². The van der Waals surface area contributed by atoms with Crippen molar-refractivity contribution in [1.29, 1.82) is 0 Å². The molecular formula is C61H48N2O. The van der Waals surface area contributed by atoms with Crippen molar-refractivity contribution in [3.05, 3.63) is 217 Å². The number of hydrogen-bond acceptors (Lipinski definition) is 2. The van der Waals surface area contributed by atoms with Gasteiger partial charge in [0.25, 0.3) is 0 Å². The smallest absolute Gasteiger partial charge is 0.143 e. The maximum absolute atomic E-state index is 6.50. The largest absolute Gasteiger partial charge is 0.455 e. The van der Waals surface area contributed by atoms with E-state index in [0.717, 1.165) is 55.8 Å². The molecule has 0 saturated carbocycles. The Bertz CT molecular complexity index is 3560. The first-order chi connectivity index (χ1) is 31.1. The molecule has 0 saturated heterocycles. The number of benzene rings is 9. The van der Waals surface area contributed by atoms with Crippen LogP contribution in [0.3, 0.4) is 0 Å². The minimum atomic E-state index is -0.141. The molecular weight excluding hydrogens is 777 g/mol. The van der Waals surface area contributed by atoms with E-state index in [0.29, 0.717) is 0 Å². The summed E-state index contributed by atoms with van der Waals surface area (Å²) in [4.78, 5) is 2.43. The zero-order valence-electron chi connectivity index (χ0n) is 36.9. The highest BCUT2D eigenvalue weighted by atomic mass is 16.3. The van der Waals surface area contributed by atoms with Crippen LogP contribution in [0.4, 0.5) is 17.1 Å². The van der Waals surface area contributed by atoms with Crippen molar-refractivity contribution in [1.82, 2.24) is 4.57 Å². The number of nitrogens with zero attached hydrogens (tertiary/aromatic N) is 2. The van der Waals surface area contributed by atoms with Gasteiger partial charge in [0, 0.05) is 55.1 Å². The third-order valence-corrected chi connectivity index (χ3v) is 13.8. The van der Waals surface area contributed by atoms with Gasteiger partial charge in [-0.25, -0.2) is 0 Å². The molecule has 0 bridgehead atoms. The lowest BCUT2D eigenvalue weighted by Gasteiger charge is -2.29. The van der Waals surface area contributed by atoms with E-state index in [1.54, 1.807) is 0 Å². The predicted octanol–water partition coefficient (Wildman–Crippen LogP) is 17.1. The van der Waals surface area contributed by atoms with Crippen LogP contribution >= 0.6 is 0 Å². The highest BCUT2D eigenvalue weighted by Gasteiger charge is 2.38. The summed E-state index contributed by atoms with van der Waals surface area (Å²) in [5, 5.41) is 4.78. The molecule has 3 heteroatoms. The number of furan rings is 1. The van der Waals surface area contributed by atoms with Gasteiger partial charge in [-0.1, -0.05) is 174 Å². The van der Waals surface area contributed by atoms with Crippen LogP contribution in [0.5, 0.6) is 0 Å². The molecule has 0 radical (unpaired) electrons. The lowest BCUT2D eigenvalue weighted by molar-refractivity contribution is 0.584. The number of fused-ring (bicyclic) bond motifs is 9. The summed E-state index contributed by atoms with van der Waals surface area (Å²) in [7, 11) is 0. The van der Waals surface area contributed by atoms with Crippen LogP contribution in [0, 0.1) is 0 Å². The van der Waals surface area contributed by atoms with Crippen LogP contribution in [-0.4, -0.2) is 4.57 Å². The third kappa shape index (κ3) is 5.80. The standard InChI is InChI=1S/C61H48N2O/c1-60(2,3)40-30-37-51-53(38-40)61(4,5)52-23-15-21-49(58(51)52)47-18-8-10-24-54(47)62(41-31-28-39(29-32-41)44-20-14-22-50-48-19-9-13-27-57(48)64-59(44)50)42-33-35-43(36-34-42)63-55-25-11-6-16-45(55)46-17-7-12-26-56(46)63/h6-38H,1-5H3. The second-order valence-electron chi connectivity index (χ2n) is 18.9. The zero-order valence-corrected chi connectivity index (χ0v) is 36.9. The molecule has 1 aliphatic rings. The van der Waals surface area contributed by atoms with Gasteiger partial charge in [-0.15, -0.1) is 0 Å². The number of aromatic nitrogens is 1. The van der Waals surface area contributed by atoms with Gasteiger partial charge in [-0.05, 0) is 105 Å². The summed E-state index contributed by atoms with van der Waals surface area (Å²) in [6, 6.07) is 73.3. The first-order valence-corrected chi connectivity index (χ1v) is 22.4. The van der Waals surface area contributed by atoms with Crippen LogP contribution in [0.15, 0.2) is 205 Å². The Hall–Kier alpha value is -7.62. The second-order valence-corrected chi connectivity index (χ2v) is 18.9. The van der Waals surface area contributed by atoms with Crippen molar-refractivity contribution in [3.63, 3.8) is 0 Å². The van der Waals surface area contributed by atoms with E-state index in [4.69, 9.17) is 4.42 Å². The Balaban J connectivity index is 1.03. The van der Waals surface area contributed by atoms with Crippen molar-refractivity contribution in [2.45, 2.75) is 45.4 Å². The van der Waals surface area contributed by atoms with Gasteiger partial charge in [0.05, 0.1) is 16.7 Å². The summed E-state index contributed by atoms with van der Waals surface area (Å²) in [6.45, 7) is 11.7. The highest BCUT2D eigenvalue weighted by molar-refractivity contribution is 6.10. The summed E-state index contributed by atoms with van der Waals surface area (Å²) >= 11 is 0. The Labute approximate surface area is 374 Å². The van der Waals surface area contributed by atoms with E-state index >= 15 is 0 Å². The van der Waals surface area contributed by atoms with Crippen LogP contribution in [0.25, 0.3) is 82.8 Å². The van der Waals surface area contributed by atoms with Crippen LogP contribution < -0.4 is 4.90 Å². The van der Waals surface area contributed by atoms with Gasteiger partial charge in [-0.3, -0.25) is 0 Å². The molecule has 3 nitrogen and oxygen atoms in total. The fraction of sp³-hybridized carbons (Fsp3) is 0.115. The van der Waals surface area contributed by atoms with E-state index in [1.165, 1.54) is 60.8 Å². The first kappa shape index (κ1) is 38.1. The van der Waals surface area contributed by atoms with Gasteiger partial charge in [0.2, 0.25) is 0 Å². The lowest BCUT2D eigenvalue weighted by Crippen LogP contribution is -2.17. The Morgan fingerprint density at radius 2 is 1.05 bits per heavy atom. The van der Waals surface area contributed by atoms with Crippen LogP contribution in [0.2, 0.25) is 0 Å². The minimum absolute atomic E-state index is 0.0566. The molecule has 0 atom stereocenters. The minimum Gasteiger partial charge on any atom is -0.455 e. The lowest BCUT2D eigenvalue weighted by atomic mass is 9.79. The van der Waals surface area contributed by atoms with Crippen molar-refractivity contribution in [2.75, 3.05) is 4.90 Å². The molecule has 0 unspecified atom stereocenters. The molecule has 0 amide bonds. The van der Waals surface area contributed by atoms with Crippen LogP contribution in [0.1, 0.15) is 51.3 Å². The molecule has 308 valence electrons. The summed E-state index contributed by atoms with van der Waals surface area (Å²) in [6.07, 6.45) is 0. The summed E-state index contributed by atoms with van der Waals surface area (Å²) in [5.41, 5.74) is 19.9. The van der Waals surface area contributed by atoms with Gasteiger partial charge in [-0.2, -0.15) is 0 Å². The first-order valence-electron chi connectivity index (χ1n) is 22.4. The molecule has 2 aromatic heterocycles. The summed E-state index contributed by atoms with van der Waals surface area (Å²) in [5.74, 6) is 0. The molecule has 9 aromatic carbocycles. The molecule has 1 aliphatic carbocycles. The fourth-order valence-electron chi connectivity index (χ4n) is 10.5. The van der Waals surface area contributed by atoms with E-state index in [1.807, 2.05) is 6.07 Å². The number of anilines is 3. The Kier molecular flexibility index (Phi) is 8.45. The van der Waals surface area contributed by atoms with Gasteiger partial charge in [0.15, 0.2) is 0 Å². The van der Waals surface area contributed by atoms with Crippen LogP contribution in [-0.2, 0) is 10.8 Å². The summed E-state index contributed by atoms with van der Waals surface area (Å²) < 4.78 is 8.89. The third-order valence-electron chi connectivity index (χ3n) is 13.8. The van der Waals surface area contributed by atoms with E-state index in [2.05, 4.69) is 238 Å². The van der Waals surface area contributed by atoms with Crippen molar-refractivity contribution >= 4 is 60.8 Å². The fourth-order valence-corrected chi connectivity index (χ4v) is 10.5. The molecule has 64 heavy (non-hydrogen) atoms. The predicted molar refractivity (Wildman–Crippen MR) is 270 cm³/mol. The molecule has 11 aromatic rings. The maximum Gasteiger partial charge on any atom is 0.143 e.